The molecule has 0 aliphatic heterocycles. The predicted octanol–water partition coefficient (Wildman–Crippen LogP) is 4.87. The minimum atomic E-state index is 0.414. The van der Waals surface area contributed by atoms with Crippen LogP contribution in [0.3, 0.4) is 0 Å². The normalized spacial score (nSPS) is 11.2. The molecule has 0 saturated carbocycles. The van der Waals surface area contributed by atoms with Gasteiger partial charge >= 0.3 is 0 Å². The van der Waals surface area contributed by atoms with Gasteiger partial charge in [-0.05, 0) is 24.3 Å². The summed E-state index contributed by atoms with van der Waals surface area (Å²) in [5.41, 5.74) is 4.28. The number of aromatic nitrogens is 6. The Morgan fingerprint density at radius 2 is 1.89 bits per heavy atom. The lowest BCUT2D eigenvalue weighted by Gasteiger charge is -2.07. The van der Waals surface area contributed by atoms with E-state index in [-0.39, 0.29) is 0 Å². The monoisotopic (exact) mass is 404 g/mol. The number of hydrogen-bond donors (Lipinski definition) is 0. The van der Waals surface area contributed by atoms with Crippen LogP contribution in [0.5, 0.6) is 0 Å². The molecule has 28 heavy (non-hydrogen) atoms. The number of rotatable bonds is 3. The molecule has 0 N–H and O–H groups in total. The van der Waals surface area contributed by atoms with Gasteiger partial charge in [-0.2, -0.15) is 0 Å². The second kappa shape index (κ2) is 6.78. The molecule has 0 fully saturated rings. The Morgan fingerprint density at radius 1 is 1.04 bits per heavy atom. The van der Waals surface area contributed by atoms with Crippen LogP contribution in [0.2, 0.25) is 5.15 Å². The summed E-state index contributed by atoms with van der Waals surface area (Å²) in [6, 6.07) is 9.89. The van der Waals surface area contributed by atoms with E-state index in [0.29, 0.717) is 5.15 Å². The molecule has 0 saturated heterocycles. The highest BCUT2D eigenvalue weighted by atomic mass is 35.5. The molecular weight excluding hydrogens is 392 g/mol. The molecular formula is C20H13ClN6S. The number of thiazole rings is 1. The van der Waals surface area contributed by atoms with Gasteiger partial charge in [0.1, 0.15) is 16.5 Å². The number of halogens is 1. The van der Waals surface area contributed by atoms with Gasteiger partial charge < -0.3 is 4.57 Å². The van der Waals surface area contributed by atoms with Crippen molar-refractivity contribution in [3.05, 3.63) is 66.6 Å². The van der Waals surface area contributed by atoms with Gasteiger partial charge in [0.05, 0.1) is 27.5 Å². The molecule has 0 spiro atoms. The molecule has 5 aromatic heterocycles. The van der Waals surface area contributed by atoms with Gasteiger partial charge in [0.2, 0.25) is 0 Å². The molecule has 0 unspecified atom stereocenters. The lowest BCUT2D eigenvalue weighted by Crippen LogP contribution is -1.93. The van der Waals surface area contributed by atoms with E-state index in [9.17, 15) is 0 Å². The first-order valence-corrected chi connectivity index (χ1v) is 9.70. The Bertz CT molecular complexity index is 1280. The highest BCUT2D eigenvalue weighted by Gasteiger charge is 2.18. The van der Waals surface area contributed by atoms with Crippen LogP contribution in [-0.2, 0) is 7.05 Å². The SMILES string of the molecule is Cn1ccc2c(-c3ccccn3)nc(-c3sc(-c4cncnc4)nc3Cl)cc21. The highest BCUT2D eigenvalue weighted by Crippen LogP contribution is 2.39. The summed E-state index contributed by atoms with van der Waals surface area (Å²) in [7, 11) is 2.01. The highest BCUT2D eigenvalue weighted by molar-refractivity contribution is 7.19. The summed E-state index contributed by atoms with van der Waals surface area (Å²) < 4.78 is 2.06. The number of fused-ring (bicyclic) bond motifs is 1. The summed E-state index contributed by atoms with van der Waals surface area (Å²) in [6.07, 6.45) is 8.72. The average molecular weight is 405 g/mol. The Kier molecular flexibility index (Phi) is 4.11. The summed E-state index contributed by atoms with van der Waals surface area (Å²) in [5, 5.41) is 2.22. The van der Waals surface area contributed by atoms with E-state index in [1.165, 1.54) is 17.7 Å². The summed E-state index contributed by atoms with van der Waals surface area (Å²) >= 11 is 7.96. The quantitative estimate of drug-likeness (QED) is 0.429. The van der Waals surface area contributed by atoms with Crippen molar-refractivity contribution < 1.29 is 0 Å². The van der Waals surface area contributed by atoms with E-state index >= 15 is 0 Å². The average Bonchev–Trinajstić information content (AvgIpc) is 3.32. The first kappa shape index (κ1) is 17.0. The molecule has 136 valence electrons. The molecule has 0 aliphatic rings. The fourth-order valence-electron chi connectivity index (χ4n) is 3.07. The fraction of sp³-hybridized carbons (Fsp3) is 0.0500. The van der Waals surface area contributed by atoms with Crippen molar-refractivity contribution in [2.45, 2.75) is 0 Å². The first-order valence-electron chi connectivity index (χ1n) is 8.50. The number of aryl methyl sites for hydroxylation is 1. The second-order valence-corrected chi connectivity index (χ2v) is 7.55. The molecule has 5 aromatic rings. The third-order valence-corrected chi connectivity index (χ3v) is 5.93. The van der Waals surface area contributed by atoms with E-state index in [4.69, 9.17) is 16.6 Å². The maximum atomic E-state index is 6.49. The van der Waals surface area contributed by atoms with Crippen molar-refractivity contribution in [1.29, 1.82) is 0 Å². The topological polar surface area (TPSA) is 69.4 Å². The molecule has 5 heterocycles. The van der Waals surface area contributed by atoms with Crippen LogP contribution in [0.15, 0.2) is 61.4 Å². The summed E-state index contributed by atoms with van der Waals surface area (Å²) in [4.78, 5) is 22.8. The molecule has 8 heteroatoms. The Labute approximate surface area is 169 Å². The number of hydrogen-bond acceptors (Lipinski definition) is 6. The molecule has 0 amide bonds. The molecule has 0 aliphatic carbocycles. The van der Waals surface area contributed by atoms with Crippen molar-refractivity contribution in [3.63, 3.8) is 0 Å². The molecule has 0 bridgehead atoms. The lowest BCUT2D eigenvalue weighted by atomic mass is 10.1. The Morgan fingerprint density at radius 3 is 2.68 bits per heavy atom. The van der Waals surface area contributed by atoms with Crippen LogP contribution in [0.1, 0.15) is 0 Å². The number of nitrogens with zero attached hydrogens (tertiary/aromatic N) is 6. The van der Waals surface area contributed by atoms with Crippen molar-refractivity contribution in [2.24, 2.45) is 7.05 Å². The number of pyridine rings is 2. The van der Waals surface area contributed by atoms with Gasteiger partial charge in [-0.25, -0.2) is 19.9 Å². The molecule has 0 atom stereocenters. The smallest absolute Gasteiger partial charge is 0.150 e. The van der Waals surface area contributed by atoms with E-state index < -0.39 is 0 Å². The first-order chi connectivity index (χ1) is 13.7. The standard InChI is InChI=1S/C20H13ClN6S/c1-27-7-5-13-16(27)8-15(25-17(13)14-4-2-3-6-24-14)18-19(21)26-20(28-18)12-9-22-11-23-10-12/h2-11H,1H3. The van der Waals surface area contributed by atoms with Crippen LogP contribution in [-0.4, -0.2) is 29.5 Å². The lowest BCUT2D eigenvalue weighted by molar-refractivity contribution is 0.968. The second-order valence-electron chi connectivity index (χ2n) is 6.20. The van der Waals surface area contributed by atoms with Gasteiger partial charge in [-0.15, -0.1) is 11.3 Å². The fourth-order valence-corrected chi connectivity index (χ4v) is 4.31. The van der Waals surface area contributed by atoms with Crippen molar-refractivity contribution in [3.8, 4) is 32.5 Å². The third kappa shape index (κ3) is 2.85. The van der Waals surface area contributed by atoms with E-state index in [1.807, 2.05) is 37.5 Å². The van der Waals surface area contributed by atoms with Crippen LogP contribution in [0.4, 0.5) is 0 Å². The zero-order valence-electron chi connectivity index (χ0n) is 14.7. The zero-order valence-corrected chi connectivity index (χ0v) is 16.3. The van der Waals surface area contributed by atoms with Crippen LogP contribution in [0.25, 0.3) is 43.4 Å². The van der Waals surface area contributed by atoms with Crippen molar-refractivity contribution in [1.82, 2.24) is 29.5 Å². The maximum Gasteiger partial charge on any atom is 0.150 e. The Balaban J connectivity index is 1.72. The Hall–Kier alpha value is -3.16. The van der Waals surface area contributed by atoms with E-state index in [2.05, 4.69) is 30.6 Å². The van der Waals surface area contributed by atoms with Crippen LogP contribution in [0, 0.1) is 0 Å². The van der Waals surface area contributed by atoms with Gasteiger partial charge in [-0.1, -0.05) is 17.7 Å². The van der Waals surface area contributed by atoms with E-state index in [0.717, 1.165) is 43.4 Å². The van der Waals surface area contributed by atoms with Crippen LogP contribution >= 0.6 is 22.9 Å². The van der Waals surface area contributed by atoms with Gasteiger partial charge in [0.15, 0.2) is 0 Å². The van der Waals surface area contributed by atoms with Crippen molar-refractivity contribution in [2.75, 3.05) is 0 Å². The van der Waals surface area contributed by atoms with Gasteiger partial charge in [0, 0.05) is 42.8 Å². The molecule has 6 nitrogen and oxygen atoms in total. The zero-order chi connectivity index (χ0) is 19.1. The minimum absolute atomic E-state index is 0.414. The predicted molar refractivity (Wildman–Crippen MR) is 111 cm³/mol. The molecule has 0 aromatic carbocycles. The van der Waals surface area contributed by atoms with Gasteiger partial charge in [-0.3, -0.25) is 4.98 Å². The summed E-state index contributed by atoms with van der Waals surface area (Å²) in [6.45, 7) is 0. The summed E-state index contributed by atoms with van der Waals surface area (Å²) in [5.74, 6) is 0. The maximum absolute atomic E-state index is 6.49. The molecule has 0 radical (unpaired) electrons. The van der Waals surface area contributed by atoms with E-state index in [1.54, 1.807) is 18.6 Å². The van der Waals surface area contributed by atoms with Crippen LogP contribution < -0.4 is 0 Å². The van der Waals surface area contributed by atoms with Gasteiger partial charge in [0.25, 0.3) is 0 Å². The minimum Gasteiger partial charge on any atom is -0.350 e. The molecule has 5 rings (SSSR count). The van der Waals surface area contributed by atoms with Crippen molar-refractivity contribution >= 4 is 33.8 Å². The largest absolute Gasteiger partial charge is 0.350 e. The third-order valence-electron chi connectivity index (χ3n) is 4.42.